The minimum Gasteiger partial charge on any atom is -0.468 e. The van der Waals surface area contributed by atoms with Crippen molar-refractivity contribution in [1.82, 2.24) is 5.32 Å². The van der Waals surface area contributed by atoms with E-state index in [1.165, 1.54) is 7.11 Å². The van der Waals surface area contributed by atoms with Crippen LogP contribution < -0.4 is 5.32 Å². The Kier molecular flexibility index (Phi) is 6.82. The molecule has 0 aromatic carbocycles. The summed E-state index contributed by atoms with van der Waals surface area (Å²) in [4.78, 5) is 12.2. The van der Waals surface area contributed by atoms with Gasteiger partial charge in [0, 0.05) is 12.6 Å². The Morgan fingerprint density at radius 2 is 2.15 bits per heavy atom. The number of nitrogens with one attached hydrogen (secondary N) is 1. The van der Waals surface area contributed by atoms with Crippen LogP contribution in [0.2, 0.25) is 0 Å². The lowest BCUT2D eigenvalue weighted by Crippen LogP contribution is -2.57. The number of ether oxygens (including phenoxy) is 2. The van der Waals surface area contributed by atoms with Gasteiger partial charge in [-0.25, -0.2) is 8.78 Å². The molecule has 1 saturated carbocycles. The van der Waals surface area contributed by atoms with Crippen LogP contribution in [0.4, 0.5) is 8.78 Å². The number of carbonyl (C=O) groups is 1. The molecule has 0 radical (unpaired) electrons. The minimum atomic E-state index is -2.45. The third-order valence-electron chi connectivity index (χ3n) is 3.77. The molecule has 2 unspecified atom stereocenters. The molecular weight excluding hydrogens is 268 g/mol. The number of rotatable bonds is 8. The van der Waals surface area contributed by atoms with Gasteiger partial charge in [-0.2, -0.15) is 0 Å². The molecule has 0 aliphatic heterocycles. The second kappa shape index (κ2) is 7.88. The van der Waals surface area contributed by atoms with Gasteiger partial charge in [-0.3, -0.25) is 10.1 Å². The van der Waals surface area contributed by atoms with Crippen LogP contribution in [0, 0.1) is 5.92 Å². The van der Waals surface area contributed by atoms with Gasteiger partial charge >= 0.3 is 5.97 Å². The summed E-state index contributed by atoms with van der Waals surface area (Å²) in [6.45, 7) is 3.66. The fourth-order valence-electron chi connectivity index (χ4n) is 3.08. The van der Waals surface area contributed by atoms with Gasteiger partial charge in [-0.15, -0.1) is 0 Å². The van der Waals surface area contributed by atoms with Gasteiger partial charge in [0.15, 0.2) is 0 Å². The number of esters is 1. The summed E-state index contributed by atoms with van der Waals surface area (Å²) >= 11 is 0. The van der Waals surface area contributed by atoms with E-state index in [9.17, 15) is 13.6 Å². The van der Waals surface area contributed by atoms with E-state index >= 15 is 0 Å². The molecule has 0 bridgehead atoms. The highest BCUT2D eigenvalue weighted by Gasteiger charge is 2.49. The first kappa shape index (κ1) is 17.3. The van der Waals surface area contributed by atoms with Crippen LogP contribution in [0.25, 0.3) is 0 Å². The fraction of sp³-hybridized carbons (Fsp3) is 0.929. The lowest BCUT2D eigenvalue weighted by atomic mass is 9.84. The Hall–Kier alpha value is -0.750. The zero-order chi connectivity index (χ0) is 15.2. The molecule has 1 rings (SSSR count). The molecule has 1 aliphatic carbocycles. The molecule has 1 fully saturated rings. The van der Waals surface area contributed by atoms with Crippen molar-refractivity contribution in [2.24, 2.45) is 5.92 Å². The highest BCUT2D eigenvalue weighted by atomic mass is 19.3. The van der Waals surface area contributed by atoms with Crippen molar-refractivity contribution < 1.29 is 23.0 Å². The Balaban J connectivity index is 2.63. The van der Waals surface area contributed by atoms with Gasteiger partial charge in [0.25, 0.3) is 6.43 Å². The molecule has 4 nitrogen and oxygen atoms in total. The first-order valence-corrected chi connectivity index (χ1v) is 7.14. The average molecular weight is 293 g/mol. The minimum absolute atomic E-state index is 0.0648. The van der Waals surface area contributed by atoms with Crippen LogP contribution in [-0.4, -0.2) is 44.3 Å². The smallest absolute Gasteiger partial charge is 0.326 e. The van der Waals surface area contributed by atoms with Crippen LogP contribution in [0.1, 0.15) is 39.5 Å². The summed E-state index contributed by atoms with van der Waals surface area (Å²) in [7, 11) is 1.38. The molecule has 1 aliphatic rings. The quantitative estimate of drug-likeness (QED) is 0.551. The molecule has 2 atom stereocenters. The van der Waals surface area contributed by atoms with E-state index < -0.39 is 18.6 Å². The maximum atomic E-state index is 12.2. The number of hydrogen-bond donors (Lipinski definition) is 1. The molecule has 0 aromatic heterocycles. The molecule has 1 N–H and O–H groups in total. The van der Waals surface area contributed by atoms with E-state index in [0.717, 1.165) is 19.3 Å². The summed E-state index contributed by atoms with van der Waals surface area (Å²) in [5.41, 5.74) is -0.697. The zero-order valence-corrected chi connectivity index (χ0v) is 12.5. The van der Waals surface area contributed by atoms with Crippen LogP contribution in [0.15, 0.2) is 0 Å². The average Bonchev–Trinajstić information content (AvgIpc) is 2.76. The molecule has 0 saturated heterocycles. The molecule has 20 heavy (non-hydrogen) atoms. The van der Waals surface area contributed by atoms with Gasteiger partial charge < -0.3 is 9.47 Å². The van der Waals surface area contributed by atoms with Crippen LogP contribution >= 0.6 is 0 Å². The number of methoxy groups -OCH3 is 1. The fourth-order valence-corrected chi connectivity index (χ4v) is 3.08. The monoisotopic (exact) mass is 293 g/mol. The first-order valence-electron chi connectivity index (χ1n) is 7.14. The first-order chi connectivity index (χ1) is 9.42. The number of halogens is 2. The maximum Gasteiger partial charge on any atom is 0.326 e. The van der Waals surface area contributed by atoms with E-state index in [-0.39, 0.29) is 24.5 Å². The van der Waals surface area contributed by atoms with E-state index in [1.807, 2.05) is 13.8 Å². The predicted octanol–water partition coefficient (Wildman–Crippen LogP) is 2.37. The number of hydrogen-bond acceptors (Lipinski definition) is 4. The van der Waals surface area contributed by atoms with Crippen molar-refractivity contribution in [1.29, 1.82) is 0 Å². The molecule has 118 valence electrons. The standard InChI is InChI=1S/C14H25F2NO3/c1-10(2)17-14(13(18)19-3)7-4-5-11(14)6-8-20-9-12(15)16/h10-12,17H,4-9H2,1-3H3. The highest BCUT2D eigenvalue weighted by Crippen LogP contribution is 2.39. The van der Waals surface area contributed by atoms with E-state index in [0.29, 0.717) is 6.42 Å². The van der Waals surface area contributed by atoms with E-state index in [4.69, 9.17) is 9.47 Å². The molecule has 6 heteroatoms. The van der Waals surface area contributed by atoms with E-state index in [1.54, 1.807) is 0 Å². The second-order valence-corrected chi connectivity index (χ2v) is 5.61. The van der Waals surface area contributed by atoms with E-state index in [2.05, 4.69) is 5.32 Å². The van der Waals surface area contributed by atoms with Gasteiger partial charge in [0.2, 0.25) is 0 Å². The number of carbonyl (C=O) groups excluding carboxylic acids is 1. The molecule has 0 amide bonds. The van der Waals surface area contributed by atoms with Crippen LogP contribution in [-0.2, 0) is 14.3 Å². The predicted molar refractivity (Wildman–Crippen MR) is 71.8 cm³/mol. The third kappa shape index (κ3) is 4.38. The lowest BCUT2D eigenvalue weighted by Gasteiger charge is -2.35. The maximum absolute atomic E-state index is 12.2. The van der Waals surface area contributed by atoms with Crippen molar-refractivity contribution in [3.63, 3.8) is 0 Å². The van der Waals surface area contributed by atoms with Crippen molar-refractivity contribution in [3.8, 4) is 0 Å². The molecule has 0 aromatic rings. The Bertz CT molecular complexity index is 313. The highest BCUT2D eigenvalue weighted by molar-refractivity contribution is 5.81. The van der Waals surface area contributed by atoms with Gasteiger partial charge in [0.1, 0.15) is 12.1 Å². The summed E-state index contributed by atoms with van der Waals surface area (Å²) in [5.74, 6) is -0.197. The largest absolute Gasteiger partial charge is 0.468 e. The van der Waals surface area contributed by atoms with Gasteiger partial charge in [-0.05, 0) is 39.0 Å². The molecule has 0 spiro atoms. The normalized spacial score (nSPS) is 26.4. The van der Waals surface area contributed by atoms with Gasteiger partial charge in [0.05, 0.1) is 7.11 Å². The second-order valence-electron chi connectivity index (χ2n) is 5.61. The zero-order valence-electron chi connectivity index (χ0n) is 12.5. The number of alkyl halides is 2. The van der Waals surface area contributed by atoms with Gasteiger partial charge in [-0.1, -0.05) is 6.42 Å². The summed E-state index contributed by atoms with van der Waals surface area (Å²) in [6, 6.07) is 0.150. The lowest BCUT2D eigenvalue weighted by molar-refractivity contribution is -0.151. The van der Waals surface area contributed by atoms with Crippen LogP contribution in [0.3, 0.4) is 0 Å². The Morgan fingerprint density at radius 1 is 1.45 bits per heavy atom. The van der Waals surface area contributed by atoms with Crippen molar-refractivity contribution in [3.05, 3.63) is 0 Å². The SMILES string of the molecule is COC(=O)C1(NC(C)C)CCCC1CCOCC(F)F. The van der Waals surface area contributed by atoms with Crippen molar-refractivity contribution in [2.45, 2.75) is 57.5 Å². The van der Waals surface area contributed by atoms with Crippen molar-refractivity contribution >= 4 is 5.97 Å². The summed E-state index contributed by atoms with van der Waals surface area (Å²) in [5, 5.41) is 3.33. The van der Waals surface area contributed by atoms with Crippen molar-refractivity contribution in [2.75, 3.05) is 20.3 Å². The molecular formula is C14H25F2NO3. The summed E-state index contributed by atoms with van der Waals surface area (Å²) in [6.07, 6.45) is 0.665. The topological polar surface area (TPSA) is 47.6 Å². The Labute approximate surface area is 119 Å². The third-order valence-corrected chi connectivity index (χ3v) is 3.77. The molecule has 0 heterocycles. The summed E-state index contributed by atoms with van der Waals surface area (Å²) < 4.78 is 34.0. The Morgan fingerprint density at radius 3 is 2.70 bits per heavy atom. The van der Waals surface area contributed by atoms with Crippen LogP contribution in [0.5, 0.6) is 0 Å².